The molecule has 2 amide bonds. The zero-order chi connectivity index (χ0) is 19.6. The standard InChI is InChI=1S/C23H28N2O2/c1-16(2)25(17(3)4)23(27)22(26)24-15-14-19(18-10-6-5-7-11-18)20-12-8-9-13-21(20)24/h5-13,16-17,19H,14-15H2,1-4H3. The Balaban J connectivity index is 1.93. The van der Waals surface area contributed by atoms with Crippen molar-refractivity contribution in [3.05, 3.63) is 65.7 Å². The lowest BCUT2D eigenvalue weighted by Crippen LogP contribution is -2.51. The molecule has 1 aliphatic heterocycles. The molecule has 0 saturated heterocycles. The van der Waals surface area contributed by atoms with Crippen LogP contribution >= 0.6 is 0 Å². The van der Waals surface area contributed by atoms with E-state index in [0.29, 0.717) is 6.54 Å². The molecule has 1 unspecified atom stereocenters. The molecule has 0 bridgehead atoms. The lowest BCUT2D eigenvalue weighted by molar-refractivity contribution is -0.147. The number of hydrogen-bond donors (Lipinski definition) is 0. The number of anilines is 1. The highest BCUT2D eigenvalue weighted by molar-refractivity contribution is 6.40. The van der Waals surface area contributed by atoms with Crippen LogP contribution in [0, 0.1) is 0 Å². The normalized spacial score (nSPS) is 16.4. The maximum Gasteiger partial charge on any atom is 0.316 e. The summed E-state index contributed by atoms with van der Waals surface area (Å²) in [5, 5.41) is 0. The van der Waals surface area contributed by atoms with Crippen LogP contribution in [0.25, 0.3) is 0 Å². The second-order valence-corrected chi connectivity index (χ2v) is 7.67. The topological polar surface area (TPSA) is 40.6 Å². The van der Waals surface area contributed by atoms with Crippen molar-refractivity contribution >= 4 is 17.5 Å². The average Bonchev–Trinajstić information content (AvgIpc) is 2.66. The van der Waals surface area contributed by atoms with Gasteiger partial charge in [-0.1, -0.05) is 48.5 Å². The number of fused-ring (bicyclic) bond motifs is 1. The van der Waals surface area contributed by atoms with Gasteiger partial charge < -0.3 is 9.80 Å². The number of amides is 2. The number of para-hydroxylation sites is 1. The number of nitrogens with zero attached hydrogens (tertiary/aromatic N) is 2. The summed E-state index contributed by atoms with van der Waals surface area (Å²) in [4.78, 5) is 29.3. The smallest absolute Gasteiger partial charge is 0.316 e. The van der Waals surface area contributed by atoms with Gasteiger partial charge >= 0.3 is 11.8 Å². The van der Waals surface area contributed by atoms with Crippen LogP contribution in [-0.4, -0.2) is 35.3 Å². The van der Waals surface area contributed by atoms with E-state index < -0.39 is 11.8 Å². The van der Waals surface area contributed by atoms with Gasteiger partial charge in [-0.3, -0.25) is 9.59 Å². The number of rotatable bonds is 3. The zero-order valence-electron chi connectivity index (χ0n) is 16.6. The fourth-order valence-corrected chi connectivity index (χ4v) is 4.10. The first kappa shape index (κ1) is 19.2. The number of carbonyl (C=O) groups is 2. The van der Waals surface area contributed by atoms with E-state index >= 15 is 0 Å². The van der Waals surface area contributed by atoms with Gasteiger partial charge in [0.25, 0.3) is 0 Å². The van der Waals surface area contributed by atoms with E-state index in [2.05, 4.69) is 18.2 Å². The van der Waals surface area contributed by atoms with Crippen molar-refractivity contribution in [1.82, 2.24) is 4.90 Å². The molecule has 2 aromatic rings. The molecule has 1 heterocycles. The highest BCUT2D eigenvalue weighted by Crippen LogP contribution is 2.39. The van der Waals surface area contributed by atoms with Gasteiger partial charge in [0.2, 0.25) is 0 Å². The van der Waals surface area contributed by atoms with Crippen molar-refractivity contribution in [1.29, 1.82) is 0 Å². The summed E-state index contributed by atoms with van der Waals surface area (Å²) in [7, 11) is 0. The highest BCUT2D eigenvalue weighted by Gasteiger charge is 2.35. The SMILES string of the molecule is CC(C)N(C(=O)C(=O)N1CCC(c2ccccc2)c2ccccc21)C(C)C. The molecule has 0 N–H and O–H groups in total. The Labute approximate surface area is 161 Å². The Morgan fingerprint density at radius 2 is 1.52 bits per heavy atom. The molecule has 3 rings (SSSR count). The van der Waals surface area contributed by atoms with E-state index in [1.165, 1.54) is 5.56 Å². The minimum atomic E-state index is -0.434. The largest absolute Gasteiger partial charge is 0.330 e. The first-order valence-electron chi connectivity index (χ1n) is 9.69. The van der Waals surface area contributed by atoms with Crippen molar-refractivity contribution in [2.24, 2.45) is 0 Å². The van der Waals surface area contributed by atoms with Gasteiger partial charge in [-0.2, -0.15) is 0 Å². The fraction of sp³-hybridized carbons (Fsp3) is 0.391. The van der Waals surface area contributed by atoms with E-state index in [0.717, 1.165) is 17.7 Å². The summed E-state index contributed by atoms with van der Waals surface area (Å²) >= 11 is 0. The minimum absolute atomic E-state index is 0.0152. The van der Waals surface area contributed by atoms with Crippen molar-refractivity contribution in [3.63, 3.8) is 0 Å². The average molecular weight is 364 g/mol. The van der Waals surface area contributed by atoms with Gasteiger partial charge in [0, 0.05) is 30.2 Å². The van der Waals surface area contributed by atoms with E-state index in [1.54, 1.807) is 9.80 Å². The predicted molar refractivity (Wildman–Crippen MR) is 109 cm³/mol. The third kappa shape index (κ3) is 3.75. The molecule has 4 heteroatoms. The summed E-state index contributed by atoms with van der Waals surface area (Å²) in [5.74, 6) is -0.614. The van der Waals surface area contributed by atoms with Crippen molar-refractivity contribution < 1.29 is 9.59 Å². The van der Waals surface area contributed by atoms with Crippen LogP contribution in [0.5, 0.6) is 0 Å². The van der Waals surface area contributed by atoms with Crippen LogP contribution in [0.4, 0.5) is 5.69 Å². The lowest BCUT2D eigenvalue weighted by Gasteiger charge is -2.37. The summed E-state index contributed by atoms with van der Waals surface area (Å²) < 4.78 is 0. The van der Waals surface area contributed by atoms with Gasteiger partial charge in [-0.15, -0.1) is 0 Å². The van der Waals surface area contributed by atoms with Crippen LogP contribution in [-0.2, 0) is 9.59 Å². The van der Waals surface area contributed by atoms with Crippen molar-refractivity contribution in [2.75, 3.05) is 11.4 Å². The van der Waals surface area contributed by atoms with Crippen LogP contribution in [0.2, 0.25) is 0 Å². The molecule has 2 aromatic carbocycles. The van der Waals surface area contributed by atoms with Gasteiger partial charge in [0.15, 0.2) is 0 Å². The number of benzene rings is 2. The van der Waals surface area contributed by atoms with Gasteiger partial charge in [-0.05, 0) is 51.3 Å². The second kappa shape index (κ2) is 7.95. The van der Waals surface area contributed by atoms with Gasteiger partial charge in [-0.25, -0.2) is 0 Å². The second-order valence-electron chi connectivity index (χ2n) is 7.67. The molecule has 142 valence electrons. The molecular formula is C23H28N2O2. The van der Waals surface area contributed by atoms with Gasteiger partial charge in [0.1, 0.15) is 0 Å². The Morgan fingerprint density at radius 1 is 0.926 bits per heavy atom. The quantitative estimate of drug-likeness (QED) is 0.766. The molecule has 4 nitrogen and oxygen atoms in total. The lowest BCUT2D eigenvalue weighted by atomic mass is 9.84. The van der Waals surface area contributed by atoms with Crippen molar-refractivity contribution in [3.8, 4) is 0 Å². The summed E-state index contributed by atoms with van der Waals surface area (Å²) in [6, 6.07) is 18.3. The van der Waals surface area contributed by atoms with Crippen LogP contribution in [0.3, 0.4) is 0 Å². The molecule has 0 radical (unpaired) electrons. The van der Waals surface area contributed by atoms with E-state index in [1.807, 2.05) is 64.1 Å². The summed E-state index contributed by atoms with van der Waals surface area (Å²) in [6.07, 6.45) is 0.809. The van der Waals surface area contributed by atoms with Crippen LogP contribution < -0.4 is 4.90 Å². The van der Waals surface area contributed by atoms with Gasteiger partial charge in [0.05, 0.1) is 0 Å². The summed E-state index contributed by atoms with van der Waals surface area (Å²) in [5.41, 5.74) is 3.20. The van der Waals surface area contributed by atoms with Crippen LogP contribution in [0.1, 0.15) is 51.2 Å². The number of hydrogen-bond acceptors (Lipinski definition) is 2. The fourth-order valence-electron chi connectivity index (χ4n) is 4.10. The molecule has 0 aliphatic carbocycles. The van der Waals surface area contributed by atoms with Crippen molar-refractivity contribution in [2.45, 2.75) is 52.1 Å². The summed E-state index contributed by atoms with van der Waals surface area (Å²) in [6.45, 7) is 8.33. The zero-order valence-corrected chi connectivity index (χ0v) is 16.6. The molecule has 0 spiro atoms. The molecule has 0 aromatic heterocycles. The maximum atomic E-state index is 13.1. The first-order valence-corrected chi connectivity index (χ1v) is 9.69. The molecule has 1 aliphatic rings. The Bertz CT molecular complexity index is 806. The molecule has 0 fully saturated rings. The van der Waals surface area contributed by atoms with E-state index in [4.69, 9.17) is 0 Å². The first-order chi connectivity index (χ1) is 12.9. The predicted octanol–water partition coefficient (Wildman–Crippen LogP) is 4.20. The molecule has 1 atom stereocenters. The van der Waals surface area contributed by atoms with E-state index in [-0.39, 0.29) is 18.0 Å². The third-order valence-corrected chi connectivity index (χ3v) is 5.22. The Kier molecular flexibility index (Phi) is 5.64. The monoisotopic (exact) mass is 364 g/mol. The highest BCUT2D eigenvalue weighted by atomic mass is 16.2. The van der Waals surface area contributed by atoms with E-state index in [9.17, 15) is 9.59 Å². The minimum Gasteiger partial charge on any atom is -0.330 e. The Morgan fingerprint density at radius 3 is 2.15 bits per heavy atom. The maximum absolute atomic E-state index is 13.1. The molecule has 27 heavy (non-hydrogen) atoms. The number of carbonyl (C=O) groups excluding carboxylic acids is 2. The molecule has 0 saturated carbocycles. The third-order valence-electron chi connectivity index (χ3n) is 5.22. The Hall–Kier alpha value is -2.62. The molecular weight excluding hydrogens is 336 g/mol. The van der Waals surface area contributed by atoms with Crippen LogP contribution in [0.15, 0.2) is 54.6 Å².